The third kappa shape index (κ3) is 4.46. The smallest absolute Gasteiger partial charge is 0.238 e. The van der Waals surface area contributed by atoms with E-state index in [4.69, 9.17) is 5.14 Å². The Bertz CT molecular complexity index is 501. The molecule has 0 saturated carbocycles. The monoisotopic (exact) mass is 257 g/mol. The number of benzene rings is 1. The van der Waals surface area contributed by atoms with Gasteiger partial charge in [-0.05, 0) is 56.9 Å². The van der Waals surface area contributed by atoms with E-state index in [0.29, 0.717) is 12.8 Å². The van der Waals surface area contributed by atoms with Gasteiger partial charge in [-0.15, -0.1) is 0 Å². The van der Waals surface area contributed by atoms with Crippen LogP contribution in [0.3, 0.4) is 0 Å². The van der Waals surface area contributed by atoms with E-state index in [2.05, 4.69) is 0 Å². The van der Waals surface area contributed by atoms with Crippen molar-refractivity contribution in [1.82, 2.24) is 0 Å². The second-order valence-corrected chi connectivity index (χ2v) is 6.51. The van der Waals surface area contributed by atoms with Crippen LogP contribution >= 0.6 is 0 Å². The van der Waals surface area contributed by atoms with Gasteiger partial charge >= 0.3 is 0 Å². The molecular weight excluding hydrogens is 238 g/mol. The maximum Gasteiger partial charge on any atom is 0.238 e. The normalized spacial score (nSPS) is 12.8. The van der Waals surface area contributed by atoms with Gasteiger partial charge in [0.2, 0.25) is 10.0 Å². The quantitative estimate of drug-likeness (QED) is 0.854. The summed E-state index contributed by atoms with van der Waals surface area (Å²) in [6, 6.07) is 4.81. The Balaban J connectivity index is 3.00. The molecule has 1 aromatic rings. The molecule has 1 aromatic carbocycles. The second-order valence-electron chi connectivity index (χ2n) is 4.95. The van der Waals surface area contributed by atoms with Gasteiger partial charge in [-0.2, -0.15) is 0 Å². The van der Waals surface area contributed by atoms with Crippen LogP contribution in [0, 0.1) is 6.92 Å². The van der Waals surface area contributed by atoms with Gasteiger partial charge in [0, 0.05) is 0 Å². The first kappa shape index (κ1) is 14.2. The predicted molar refractivity (Wildman–Crippen MR) is 67.2 cm³/mol. The van der Waals surface area contributed by atoms with Crippen molar-refractivity contribution in [2.45, 2.75) is 44.1 Å². The summed E-state index contributed by atoms with van der Waals surface area (Å²) >= 11 is 0. The summed E-state index contributed by atoms with van der Waals surface area (Å²) in [6.07, 6.45) is 1.20. The Hall–Kier alpha value is -0.910. The number of nitrogens with two attached hydrogens (primary N) is 1. The fraction of sp³-hybridized carbons (Fsp3) is 0.500. The number of primary sulfonamides is 1. The van der Waals surface area contributed by atoms with E-state index in [9.17, 15) is 13.5 Å². The van der Waals surface area contributed by atoms with Crippen LogP contribution in [-0.4, -0.2) is 19.1 Å². The van der Waals surface area contributed by atoms with Crippen molar-refractivity contribution in [3.05, 3.63) is 29.3 Å². The molecule has 0 aliphatic carbocycles. The van der Waals surface area contributed by atoms with Crippen LogP contribution in [-0.2, 0) is 16.4 Å². The van der Waals surface area contributed by atoms with Crippen molar-refractivity contribution in [3.8, 4) is 0 Å². The molecule has 0 atom stereocenters. The minimum atomic E-state index is -3.66. The lowest BCUT2D eigenvalue weighted by Crippen LogP contribution is -2.19. The van der Waals surface area contributed by atoms with E-state index in [0.717, 1.165) is 11.1 Å². The molecule has 1 rings (SSSR count). The molecule has 0 fully saturated rings. The van der Waals surface area contributed by atoms with E-state index in [1.165, 1.54) is 6.07 Å². The van der Waals surface area contributed by atoms with Crippen molar-refractivity contribution >= 4 is 10.0 Å². The summed E-state index contributed by atoms with van der Waals surface area (Å²) in [6.45, 7) is 5.37. The van der Waals surface area contributed by atoms with Crippen LogP contribution in [0.2, 0.25) is 0 Å². The first-order valence-corrected chi connectivity index (χ1v) is 6.99. The van der Waals surface area contributed by atoms with E-state index in [1.54, 1.807) is 26.0 Å². The predicted octanol–water partition coefficient (Wildman–Crippen LogP) is 1.35. The fourth-order valence-corrected chi connectivity index (χ4v) is 2.10. The third-order valence-corrected chi connectivity index (χ3v) is 3.57. The highest BCUT2D eigenvalue weighted by Gasteiger charge is 2.15. The van der Waals surface area contributed by atoms with E-state index in [1.807, 2.05) is 6.92 Å². The average Bonchev–Trinajstić information content (AvgIpc) is 2.13. The zero-order valence-electron chi connectivity index (χ0n) is 10.4. The van der Waals surface area contributed by atoms with Crippen LogP contribution in [0.5, 0.6) is 0 Å². The lowest BCUT2D eigenvalue weighted by Gasteiger charge is -2.17. The summed E-state index contributed by atoms with van der Waals surface area (Å²) in [5.74, 6) is 0. The van der Waals surface area contributed by atoms with Crippen molar-refractivity contribution in [3.63, 3.8) is 0 Å². The van der Waals surface area contributed by atoms with Crippen LogP contribution in [0.15, 0.2) is 23.1 Å². The van der Waals surface area contributed by atoms with Gasteiger partial charge in [0.1, 0.15) is 0 Å². The molecule has 0 spiro atoms. The zero-order chi connectivity index (χ0) is 13.3. The number of aliphatic hydroxyl groups is 1. The van der Waals surface area contributed by atoms with Gasteiger partial charge in [-0.25, -0.2) is 13.6 Å². The van der Waals surface area contributed by atoms with Gasteiger partial charge in [-0.3, -0.25) is 0 Å². The average molecular weight is 257 g/mol. The minimum Gasteiger partial charge on any atom is -0.390 e. The highest BCUT2D eigenvalue weighted by atomic mass is 32.2. The molecule has 96 valence electrons. The molecule has 0 bridgehead atoms. The molecule has 0 saturated heterocycles. The number of aryl methyl sites for hydroxylation is 2. The maximum atomic E-state index is 11.2. The van der Waals surface area contributed by atoms with Gasteiger partial charge in [0.25, 0.3) is 0 Å². The molecule has 0 aliphatic rings. The lowest BCUT2D eigenvalue weighted by molar-refractivity contribution is 0.0713. The molecule has 3 N–H and O–H groups in total. The first-order valence-electron chi connectivity index (χ1n) is 5.44. The van der Waals surface area contributed by atoms with E-state index in [-0.39, 0.29) is 4.90 Å². The van der Waals surface area contributed by atoms with E-state index < -0.39 is 15.6 Å². The van der Waals surface area contributed by atoms with Crippen LogP contribution in [0.4, 0.5) is 0 Å². The van der Waals surface area contributed by atoms with Crippen LogP contribution in [0.1, 0.15) is 31.4 Å². The molecule has 0 aliphatic heterocycles. The Morgan fingerprint density at radius 3 is 2.41 bits per heavy atom. The van der Waals surface area contributed by atoms with Crippen molar-refractivity contribution in [1.29, 1.82) is 0 Å². The Morgan fingerprint density at radius 1 is 1.35 bits per heavy atom. The van der Waals surface area contributed by atoms with Crippen molar-refractivity contribution in [2.75, 3.05) is 0 Å². The summed E-state index contributed by atoms with van der Waals surface area (Å²) in [5, 5.41) is 14.7. The SMILES string of the molecule is Cc1ccc(S(N)(=O)=O)cc1CCC(C)(C)O. The topological polar surface area (TPSA) is 80.4 Å². The molecule has 0 amide bonds. The van der Waals surface area contributed by atoms with Crippen LogP contribution < -0.4 is 5.14 Å². The summed E-state index contributed by atoms with van der Waals surface area (Å²) in [7, 11) is -3.66. The Labute approximate surface area is 103 Å². The van der Waals surface area contributed by atoms with Gasteiger partial charge in [-0.1, -0.05) is 6.07 Å². The second kappa shape index (κ2) is 4.76. The van der Waals surface area contributed by atoms with Gasteiger partial charge in [0.15, 0.2) is 0 Å². The molecule has 17 heavy (non-hydrogen) atoms. The Morgan fingerprint density at radius 2 is 1.94 bits per heavy atom. The largest absolute Gasteiger partial charge is 0.390 e. The molecule has 0 aromatic heterocycles. The summed E-state index contributed by atoms with van der Waals surface area (Å²) in [5.41, 5.74) is 1.14. The zero-order valence-corrected chi connectivity index (χ0v) is 11.2. The maximum absolute atomic E-state index is 11.2. The standard InChI is InChI=1S/C12H19NO3S/c1-9-4-5-11(17(13,15)16)8-10(9)6-7-12(2,3)14/h4-5,8,14H,6-7H2,1-3H3,(H2,13,15,16). The molecular formula is C12H19NO3S. The third-order valence-electron chi connectivity index (χ3n) is 2.66. The highest BCUT2D eigenvalue weighted by molar-refractivity contribution is 7.89. The van der Waals surface area contributed by atoms with E-state index >= 15 is 0 Å². The number of sulfonamides is 1. The Kier molecular flexibility index (Phi) is 3.96. The van der Waals surface area contributed by atoms with Crippen molar-refractivity contribution < 1.29 is 13.5 Å². The molecule has 4 nitrogen and oxygen atoms in total. The van der Waals surface area contributed by atoms with Crippen LogP contribution in [0.25, 0.3) is 0 Å². The van der Waals surface area contributed by atoms with Gasteiger partial charge < -0.3 is 5.11 Å². The summed E-state index contributed by atoms with van der Waals surface area (Å²) in [4.78, 5) is 0.119. The molecule has 0 heterocycles. The lowest BCUT2D eigenvalue weighted by atomic mass is 9.96. The molecule has 0 unspecified atom stereocenters. The minimum absolute atomic E-state index is 0.119. The molecule has 5 heteroatoms. The van der Waals surface area contributed by atoms with Crippen molar-refractivity contribution in [2.24, 2.45) is 5.14 Å². The fourth-order valence-electron chi connectivity index (χ4n) is 1.53. The summed E-state index contributed by atoms with van der Waals surface area (Å²) < 4.78 is 22.5. The van der Waals surface area contributed by atoms with Gasteiger partial charge in [0.05, 0.1) is 10.5 Å². The highest BCUT2D eigenvalue weighted by Crippen LogP contribution is 2.19. The molecule has 0 radical (unpaired) electrons. The first-order chi connectivity index (χ1) is 7.59. The number of hydrogen-bond acceptors (Lipinski definition) is 3. The number of hydrogen-bond donors (Lipinski definition) is 2. The number of rotatable bonds is 4.